The molecule has 176 valence electrons. The number of amides is 2. The first kappa shape index (κ1) is 23.3. The second-order valence-corrected chi connectivity index (χ2v) is 8.74. The molecule has 0 spiro atoms. The Morgan fingerprint density at radius 1 is 1.00 bits per heavy atom. The highest BCUT2D eigenvalue weighted by atomic mass is 16.5. The molecule has 1 fully saturated rings. The Bertz CT molecular complexity index is 968. The molecule has 0 radical (unpaired) electrons. The highest BCUT2D eigenvalue weighted by Crippen LogP contribution is 2.31. The molecule has 4 rings (SSSR count). The van der Waals surface area contributed by atoms with E-state index in [0.717, 1.165) is 57.7 Å². The minimum absolute atomic E-state index is 0.0418. The van der Waals surface area contributed by atoms with E-state index in [4.69, 9.17) is 4.74 Å². The molecule has 0 saturated carbocycles. The number of hydrogen-bond donors (Lipinski definition) is 2. The lowest BCUT2D eigenvalue weighted by Gasteiger charge is -2.37. The molecule has 2 aliphatic heterocycles. The number of carbonyl (C=O) groups excluding carboxylic acids is 2. The normalized spacial score (nSPS) is 18.5. The third kappa shape index (κ3) is 5.72. The van der Waals surface area contributed by atoms with Gasteiger partial charge in [0.05, 0.1) is 19.1 Å². The minimum atomic E-state index is -0.0550. The van der Waals surface area contributed by atoms with E-state index < -0.39 is 0 Å². The SMILES string of the molecule is CNC(=O)Cc1ccc2c(c1)CCO[C@H]2CCN1CCN(c2ccc(C(=O)NC)cc2)CC1. The van der Waals surface area contributed by atoms with E-state index in [2.05, 4.69) is 38.6 Å². The second kappa shape index (κ2) is 10.8. The molecule has 2 aliphatic rings. The van der Waals surface area contributed by atoms with Crippen molar-refractivity contribution < 1.29 is 14.3 Å². The molecule has 1 saturated heterocycles. The summed E-state index contributed by atoms with van der Waals surface area (Å²) in [5.41, 5.74) is 5.51. The Morgan fingerprint density at radius 2 is 1.76 bits per heavy atom. The van der Waals surface area contributed by atoms with Gasteiger partial charge in [-0.05, 0) is 53.8 Å². The first-order valence-corrected chi connectivity index (χ1v) is 11.8. The average molecular weight is 451 g/mol. The van der Waals surface area contributed by atoms with Crippen LogP contribution in [0.2, 0.25) is 0 Å². The molecule has 0 bridgehead atoms. The number of nitrogens with one attached hydrogen (secondary N) is 2. The van der Waals surface area contributed by atoms with E-state index in [0.29, 0.717) is 12.0 Å². The van der Waals surface area contributed by atoms with Gasteiger partial charge in [-0.25, -0.2) is 0 Å². The Kier molecular flexibility index (Phi) is 7.62. The molecular formula is C26H34N4O3. The number of anilines is 1. The van der Waals surface area contributed by atoms with Crippen molar-refractivity contribution in [3.63, 3.8) is 0 Å². The monoisotopic (exact) mass is 450 g/mol. The van der Waals surface area contributed by atoms with Crippen LogP contribution in [0.15, 0.2) is 42.5 Å². The Labute approximate surface area is 196 Å². The highest BCUT2D eigenvalue weighted by molar-refractivity contribution is 5.94. The number of benzene rings is 2. The predicted molar refractivity (Wildman–Crippen MR) is 130 cm³/mol. The van der Waals surface area contributed by atoms with Crippen molar-refractivity contribution in [3.8, 4) is 0 Å². The summed E-state index contributed by atoms with van der Waals surface area (Å²) in [5, 5.41) is 5.35. The third-order valence-electron chi connectivity index (χ3n) is 6.69. The molecule has 7 heteroatoms. The number of piperazine rings is 1. The lowest BCUT2D eigenvalue weighted by atomic mass is 9.93. The molecule has 2 aromatic rings. The number of rotatable bonds is 7. The third-order valence-corrected chi connectivity index (χ3v) is 6.69. The van der Waals surface area contributed by atoms with E-state index in [-0.39, 0.29) is 17.9 Å². The average Bonchev–Trinajstić information content (AvgIpc) is 2.87. The van der Waals surface area contributed by atoms with Crippen molar-refractivity contribution in [1.29, 1.82) is 0 Å². The van der Waals surface area contributed by atoms with Gasteiger partial charge in [0.25, 0.3) is 5.91 Å². The van der Waals surface area contributed by atoms with E-state index in [1.54, 1.807) is 14.1 Å². The summed E-state index contributed by atoms with van der Waals surface area (Å²) in [5.74, 6) is -0.0133. The summed E-state index contributed by atoms with van der Waals surface area (Å²) in [6.07, 6.45) is 2.43. The van der Waals surface area contributed by atoms with Crippen LogP contribution < -0.4 is 15.5 Å². The van der Waals surface area contributed by atoms with Crippen LogP contribution in [0.3, 0.4) is 0 Å². The maximum Gasteiger partial charge on any atom is 0.251 e. The molecule has 2 heterocycles. The van der Waals surface area contributed by atoms with Crippen LogP contribution in [-0.4, -0.2) is 70.1 Å². The quantitative estimate of drug-likeness (QED) is 0.676. The number of ether oxygens (including phenoxy) is 1. The van der Waals surface area contributed by atoms with E-state index in [1.165, 1.54) is 16.8 Å². The Morgan fingerprint density at radius 3 is 2.45 bits per heavy atom. The van der Waals surface area contributed by atoms with E-state index in [1.807, 2.05) is 24.3 Å². The van der Waals surface area contributed by atoms with Gasteiger partial charge in [-0.3, -0.25) is 14.5 Å². The van der Waals surface area contributed by atoms with Crippen LogP contribution in [0.4, 0.5) is 5.69 Å². The molecule has 2 amide bonds. The summed E-state index contributed by atoms with van der Waals surface area (Å²) in [6, 6.07) is 14.2. The van der Waals surface area contributed by atoms with Gasteiger partial charge in [0.2, 0.25) is 5.91 Å². The fourth-order valence-electron chi connectivity index (χ4n) is 4.71. The summed E-state index contributed by atoms with van der Waals surface area (Å²) in [4.78, 5) is 28.3. The first-order chi connectivity index (χ1) is 16.1. The summed E-state index contributed by atoms with van der Waals surface area (Å²) >= 11 is 0. The molecule has 7 nitrogen and oxygen atoms in total. The lowest BCUT2D eigenvalue weighted by molar-refractivity contribution is -0.119. The molecule has 1 atom stereocenters. The van der Waals surface area contributed by atoms with Crippen molar-refractivity contribution in [2.24, 2.45) is 0 Å². The van der Waals surface area contributed by atoms with Gasteiger partial charge < -0.3 is 20.3 Å². The zero-order chi connectivity index (χ0) is 23.2. The van der Waals surface area contributed by atoms with Crippen LogP contribution >= 0.6 is 0 Å². The summed E-state index contributed by atoms with van der Waals surface area (Å²) in [6.45, 7) is 5.73. The number of likely N-dealkylation sites (N-methyl/N-ethyl adjacent to an activating group) is 1. The van der Waals surface area contributed by atoms with Gasteiger partial charge in [-0.2, -0.15) is 0 Å². The van der Waals surface area contributed by atoms with Gasteiger partial charge in [0, 0.05) is 58.1 Å². The van der Waals surface area contributed by atoms with Crippen LogP contribution in [0.5, 0.6) is 0 Å². The molecular weight excluding hydrogens is 416 g/mol. The van der Waals surface area contributed by atoms with Crippen molar-refractivity contribution in [3.05, 3.63) is 64.7 Å². The number of fused-ring (bicyclic) bond motifs is 1. The van der Waals surface area contributed by atoms with Crippen molar-refractivity contribution in [1.82, 2.24) is 15.5 Å². The van der Waals surface area contributed by atoms with Crippen LogP contribution in [-0.2, 0) is 22.4 Å². The lowest BCUT2D eigenvalue weighted by Crippen LogP contribution is -2.47. The predicted octanol–water partition coefficient (Wildman–Crippen LogP) is 2.16. The first-order valence-electron chi connectivity index (χ1n) is 11.8. The van der Waals surface area contributed by atoms with Gasteiger partial charge in [0.15, 0.2) is 0 Å². The minimum Gasteiger partial charge on any atom is -0.373 e. The molecule has 2 aromatic carbocycles. The van der Waals surface area contributed by atoms with Crippen molar-refractivity contribution in [2.45, 2.75) is 25.4 Å². The van der Waals surface area contributed by atoms with Crippen molar-refractivity contribution >= 4 is 17.5 Å². The standard InChI is InChI=1S/C26H34N4O3/c1-27-25(31)18-19-3-8-23-21(17-19)10-16-33-24(23)9-11-29-12-14-30(15-13-29)22-6-4-20(5-7-22)26(32)28-2/h3-8,17,24H,9-16,18H2,1-2H3,(H,27,31)(H,28,32)/t24-/m0/s1. The number of carbonyl (C=O) groups is 2. The Balaban J connectivity index is 1.28. The van der Waals surface area contributed by atoms with Crippen LogP contribution in [0, 0.1) is 0 Å². The zero-order valence-electron chi connectivity index (χ0n) is 19.6. The van der Waals surface area contributed by atoms with Gasteiger partial charge >= 0.3 is 0 Å². The van der Waals surface area contributed by atoms with Gasteiger partial charge in [0.1, 0.15) is 0 Å². The molecule has 2 N–H and O–H groups in total. The highest BCUT2D eigenvalue weighted by Gasteiger charge is 2.24. The summed E-state index contributed by atoms with van der Waals surface area (Å²) < 4.78 is 6.12. The molecule has 0 unspecified atom stereocenters. The van der Waals surface area contributed by atoms with Crippen molar-refractivity contribution in [2.75, 3.05) is 58.3 Å². The number of nitrogens with zero attached hydrogens (tertiary/aromatic N) is 2. The maximum absolute atomic E-state index is 11.7. The molecule has 33 heavy (non-hydrogen) atoms. The van der Waals surface area contributed by atoms with Gasteiger partial charge in [-0.15, -0.1) is 0 Å². The van der Waals surface area contributed by atoms with Gasteiger partial charge in [-0.1, -0.05) is 18.2 Å². The second-order valence-electron chi connectivity index (χ2n) is 8.74. The maximum atomic E-state index is 11.7. The molecule has 0 aliphatic carbocycles. The number of hydrogen-bond acceptors (Lipinski definition) is 5. The van der Waals surface area contributed by atoms with Crippen LogP contribution in [0.1, 0.15) is 39.6 Å². The summed E-state index contributed by atoms with van der Waals surface area (Å²) in [7, 11) is 3.32. The Hall–Kier alpha value is -2.90. The van der Waals surface area contributed by atoms with E-state index in [9.17, 15) is 9.59 Å². The van der Waals surface area contributed by atoms with E-state index >= 15 is 0 Å². The van der Waals surface area contributed by atoms with Crippen LogP contribution in [0.25, 0.3) is 0 Å². The fourth-order valence-corrected chi connectivity index (χ4v) is 4.71. The zero-order valence-corrected chi connectivity index (χ0v) is 19.6. The topological polar surface area (TPSA) is 73.9 Å². The smallest absolute Gasteiger partial charge is 0.251 e. The molecule has 0 aromatic heterocycles. The fraction of sp³-hybridized carbons (Fsp3) is 0.462. The largest absolute Gasteiger partial charge is 0.373 e.